The molecule has 0 N–H and O–H groups in total. The summed E-state index contributed by atoms with van der Waals surface area (Å²) in [7, 11) is 3.73. The van der Waals surface area contributed by atoms with Crippen molar-refractivity contribution in [1.82, 2.24) is 4.90 Å². The predicted molar refractivity (Wildman–Crippen MR) is 73.0 cm³/mol. The first-order chi connectivity index (χ1) is 8.03. The standard InChI is InChI=1S/C15H29NO/c1-15(13-14(17)16(2)3)11-9-7-5-4-6-8-10-12-15/h4-13H2,1-3H3. The van der Waals surface area contributed by atoms with Crippen molar-refractivity contribution in [3.63, 3.8) is 0 Å². The van der Waals surface area contributed by atoms with Crippen molar-refractivity contribution in [2.45, 2.75) is 71.1 Å². The Labute approximate surface area is 107 Å². The third-order valence-corrected chi connectivity index (χ3v) is 4.14. The third kappa shape index (κ3) is 5.56. The van der Waals surface area contributed by atoms with Gasteiger partial charge in [-0.25, -0.2) is 0 Å². The molecule has 0 aromatic heterocycles. The highest BCUT2D eigenvalue weighted by Crippen LogP contribution is 2.36. The summed E-state index contributed by atoms with van der Waals surface area (Å²) in [6, 6.07) is 0. The number of amides is 1. The fraction of sp³-hybridized carbons (Fsp3) is 0.933. The lowest BCUT2D eigenvalue weighted by atomic mass is 9.76. The van der Waals surface area contributed by atoms with Crippen LogP contribution in [0.2, 0.25) is 0 Å². The zero-order valence-corrected chi connectivity index (χ0v) is 11.9. The van der Waals surface area contributed by atoms with Crippen molar-refractivity contribution in [3.8, 4) is 0 Å². The van der Waals surface area contributed by atoms with Gasteiger partial charge in [0.05, 0.1) is 0 Å². The third-order valence-electron chi connectivity index (χ3n) is 4.14. The average molecular weight is 239 g/mol. The van der Waals surface area contributed by atoms with E-state index in [2.05, 4.69) is 6.92 Å². The van der Waals surface area contributed by atoms with E-state index in [0.29, 0.717) is 5.91 Å². The van der Waals surface area contributed by atoms with Crippen molar-refractivity contribution in [3.05, 3.63) is 0 Å². The second kappa shape index (κ2) is 7.03. The van der Waals surface area contributed by atoms with E-state index in [9.17, 15) is 4.79 Å². The first kappa shape index (κ1) is 14.5. The van der Waals surface area contributed by atoms with Gasteiger partial charge in [0, 0.05) is 20.5 Å². The van der Waals surface area contributed by atoms with E-state index < -0.39 is 0 Å². The molecule has 100 valence electrons. The van der Waals surface area contributed by atoms with Gasteiger partial charge in [-0.2, -0.15) is 0 Å². The quantitative estimate of drug-likeness (QED) is 0.713. The van der Waals surface area contributed by atoms with Crippen LogP contribution in [0.1, 0.15) is 71.1 Å². The van der Waals surface area contributed by atoms with Crippen LogP contribution < -0.4 is 0 Å². The molecule has 0 spiro atoms. The van der Waals surface area contributed by atoms with Crippen molar-refractivity contribution < 1.29 is 4.79 Å². The van der Waals surface area contributed by atoms with Crippen molar-refractivity contribution in [2.24, 2.45) is 5.41 Å². The summed E-state index contributed by atoms with van der Waals surface area (Å²) in [5.41, 5.74) is 0.249. The Morgan fingerprint density at radius 3 is 1.76 bits per heavy atom. The van der Waals surface area contributed by atoms with Gasteiger partial charge in [-0.1, -0.05) is 51.9 Å². The van der Waals surface area contributed by atoms with E-state index in [1.54, 1.807) is 4.90 Å². The SMILES string of the molecule is CN(C)C(=O)CC1(C)CCCCCCCCC1. The van der Waals surface area contributed by atoms with Crippen LogP contribution in [0.25, 0.3) is 0 Å². The van der Waals surface area contributed by atoms with Gasteiger partial charge in [-0.05, 0) is 18.3 Å². The zero-order valence-electron chi connectivity index (χ0n) is 11.9. The fourth-order valence-electron chi connectivity index (χ4n) is 2.81. The number of rotatable bonds is 2. The molecule has 0 unspecified atom stereocenters. The summed E-state index contributed by atoms with van der Waals surface area (Å²) >= 11 is 0. The molecule has 1 aliphatic rings. The largest absolute Gasteiger partial charge is 0.349 e. The van der Waals surface area contributed by atoms with E-state index in [1.165, 1.54) is 57.8 Å². The van der Waals surface area contributed by atoms with Gasteiger partial charge in [-0.3, -0.25) is 4.79 Å². The van der Waals surface area contributed by atoms with Crippen molar-refractivity contribution in [2.75, 3.05) is 14.1 Å². The number of carbonyl (C=O) groups excluding carboxylic acids is 1. The summed E-state index contributed by atoms with van der Waals surface area (Å²) in [4.78, 5) is 13.6. The lowest BCUT2D eigenvalue weighted by Gasteiger charge is -2.31. The van der Waals surface area contributed by atoms with Crippen molar-refractivity contribution >= 4 is 5.91 Å². The zero-order chi connectivity index (χ0) is 12.7. The predicted octanol–water partition coefficient (Wildman–Crippen LogP) is 4.00. The van der Waals surface area contributed by atoms with E-state index in [-0.39, 0.29) is 5.41 Å². The summed E-state index contributed by atoms with van der Waals surface area (Å²) in [6.07, 6.45) is 12.7. The molecule has 2 nitrogen and oxygen atoms in total. The average Bonchev–Trinajstić information content (AvgIpc) is 2.27. The van der Waals surface area contributed by atoms with Gasteiger partial charge >= 0.3 is 0 Å². The highest BCUT2D eigenvalue weighted by molar-refractivity contribution is 5.76. The topological polar surface area (TPSA) is 20.3 Å². The summed E-state index contributed by atoms with van der Waals surface area (Å²) in [5, 5.41) is 0. The van der Waals surface area contributed by atoms with Gasteiger partial charge in [0.25, 0.3) is 0 Å². The molecule has 0 heterocycles. The maximum Gasteiger partial charge on any atom is 0.222 e. The number of carbonyl (C=O) groups is 1. The molecule has 0 atom stereocenters. The maximum atomic E-state index is 11.9. The molecular weight excluding hydrogens is 210 g/mol. The minimum Gasteiger partial charge on any atom is -0.349 e. The number of nitrogens with zero attached hydrogens (tertiary/aromatic N) is 1. The number of hydrogen-bond acceptors (Lipinski definition) is 1. The van der Waals surface area contributed by atoms with Gasteiger partial charge in [0.15, 0.2) is 0 Å². The smallest absolute Gasteiger partial charge is 0.222 e. The van der Waals surface area contributed by atoms with E-state index in [1.807, 2.05) is 14.1 Å². The molecule has 2 heteroatoms. The first-order valence-corrected chi connectivity index (χ1v) is 7.24. The lowest BCUT2D eigenvalue weighted by molar-refractivity contribution is -0.131. The number of hydrogen-bond donors (Lipinski definition) is 0. The van der Waals surface area contributed by atoms with Crippen LogP contribution in [0.15, 0.2) is 0 Å². The Hall–Kier alpha value is -0.530. The molecule has 0 aromatic rings. The molecule has 17 heavy (non-hydrogen) atoms. The van der Waals surface area contributed by atoms with Crippen LogP contribution in [0.3, 0.4) is 0 Å². The van der Waals surface area contributed by atoms with Gasteiger partial charge in [0.1, 0.15) is 0 Å². The molecule has 0 bridgehead atoms. The molecule has 1 amide bonds. The van der Waals surface area contributed by atoms with Crippen LogP contribution in [0.5, 0.6) is 0 Å². The van der Waals surface area contributed by atoms with Crippen LogP contribution in [-0.4, -0.2) is 24.9 Å². The molecule has 0 radical (unpaired) electrons. The van der Waals surface area contributed by atoms with Gasteiger partial charge in [0.2, 0.25) is 5.91 Å². The Kier molecular flexibility index (Phi) is 6.01. The van der Waals surface area contributed by atoms with Gasteiger partial charge in [-0.15, -0.1) is 0 Å². The summed E-state index contributed by atoms with van der Waals surface area (Å²) in [6.45, 7) is 2.32. The Morgan fingerprint density at radius 2 is 1.35 bits per heavy atom. The van der Waals surface area contributed by atoms with E-state index in [4.69, 9.17) is 0 Å². The fourth-order valence-corrected chi connectivity index (χ4v) is 2.81. The van der Waals surface area contributed by atoms with Crippen LogP contribution in [-0.2, 0) is 4.79 Å². The normalized spacial score (nSPS) is 21.8. The minimum absolute atomic E-state index is 0.249. The van der Waals surface area contributed by atoms with Crippen LogP contribution in [0.4, 0.5) is 0 Å². The molecular formula is C15H29NO. The van der Waals surface area contributed by atoms with E-state index in [0.717, 1.165) is 6.42 Å². The first-order valence-electron chi connectivity index (χ1n) is 7.24. The lowest BCUT2D eigenvalue weighted by Crippen LogP contribution is -2.29. The molecule has 1 fully saturated rings. The van der Waals surface area contributed by atoms with Gasteiger partial charge < -0.3 is 4.90 Å². The Morgan fingerprint density at radius 1 is 0.941 bits per heavy atom. The molecule has 0 aromatic carbocycles. The Bertz CT molecular complexity index is 225. The second-order valence-corrected chi connectivity index (χ2v) is 6.25. The highest BCUT2D eigenvalue weighted by atomic mass is 16.2. The molecule has 1 saturated carbocycles. The van der Waals surface area contributed by atoms with Crippen LogP contribution >= 0.6 is 0 Å². The second-order valence-electron chi connectivity index (χ2n) is 6.25. The summed E-state index contributed by atoms with van der Waals surface area (Å²) in [5.74, 6) is 0.296. The highest BCUT2D eigenvalue weighted by Gasteiger charge is 2.27. The monoisotopic (exact) mass is 239 g/mol. The Balaban J connectivity index is 2.51. The minimum atomic E-state index is 0.249. The molecule has 0 aliphatic heterocycles. The molecule has 1 aliphatic carbocycles. The summed E-state index contributed by atoms with van der Waals surface area (Å²) < 4.78 is 0. The molecule has 0 saturated heterocycles. The molecule has 1 rings (SSSR count). The van der Waals surface area contributed by atoms with Crippen molar-refractivity contribution in [1.29, 1.82) is 0 Å². The van der Waals surface area contributed by atoms with E-state index >= 15 is 0 Å². The maximum absolute atomic E-state index is 11.9. The van der Waals surface area contributed by atoms with Crippen LogP contribution in [0, 0.1) is 5.41 Å².